The summed E-state index contributed by atoms with van der Waals surface area (Å²) in [4.78, 5) is 16.3. The smallest absolute Gasteiger partial charge is 0.237 e. The van der Waals surface area contributed by atoms with Gasteiger partial charge in [-0.15, -0.1) is 0 Å². The maximum Gasteiger partial charge on any atom is 0.237 e. The summed E-state index contributed by atoms with van der Waals surface area (Å²) < 4.78 is 0. The largest absolute Gasteiger partial charge is 0.349 e. The molecular formula is C14H21N3O. The van der Waals surface area contributed by atoms with E-state index in [2.05, 4.69) is 28.6 Å². The number of carbonyl (C=O) groups excluding carboxylic acids is 1. The van der Waals surface area contributed by atoms with Gasteiger partial charge in [0.05, 0.1) is 18.3 Å². The van der Waals surface area contributed by atoms with E-state index < -0.39 is 0 Å². The molecule has 2 heterocycles. The third-order valence-electron chi connectivity index (χ3n) is 3.42. The summed E-state index contributed by atoms with van der Waals surface area (Å²) in [6.07, 6.45) is 5.97. The average molecular weight is 247 g/mol. The molecule has 1 saturated heterocycles. The number of nitrogens with zero attached hydrogens (tertiary/aromatic N) is 1. The van der Waals surface area contributed by atoms with E-state index in [-0.39, 0.29) is 11.9 Å². The van der Waals surface area contributed by atoms with Gasteiger partial charge in [-0.05, 0) is 37.4 Å². The minimum Gasteiger partial charge on any atom is -0.349 e. The fourth-order valence-electron chi connectivity index (χ4n) is 2.32. The van der Waals surface area contributed by atoms with Crippen molar-refractivity contribution in [3.63, 3.8) is 0 Å². The van der Waals surface area contributed by atoms with Crippen LogP contribution >= 0.6 is 0 Å². The van der Waals surface area contributed by atoms with Crippen molar-refractivity contribution in [3.8, 4) is 0 Å². The molecule has 1 aliphatic heterocycles. The first-order chi connectivity index (χ1) is 8.81. The molecule has 4 nitrogen and oxygen atoms in total. The SMILES string of the molecule is CCc1cccnc1CNC(=O)[C@H]1CCCCN1. The van der Waals surface area contributed by atoms with Crippen LogP contribution in [0.3, 0.4) is 0 Å². The van der Waals surface area contributed by atoms with Crippen LogP contribution in [0.2, 0.25) is 0 Å². The highest BCUT2D eigenvalue weighted by Gasteiger charge is 2.20. The van der Waals surface area contributed by atoms with Crippen molar-refractivity contribution in [2.75, 3.05) is 6.54 Å². The van der Waals surface area contributed by atoms with Gasteiger partial charge in [0, 0.05) is 6.20 Å². The van der Waals surface area contributed by atoms with Crippen molar-refractivity contribution >= 4 is 5.91 Å². The molecule has 0 unspecified atom stereocenters. The number of piperidine rings is 1. The Hall–Kier alpha value is -1.42. The lowest BCUT2D eigenvalue weighted by Gasteiger charge is -2.22. The van der Waals surface area contributed by atoms with Crippen LogP contribution in [0.15, 0.2) is 18.3 Å². The van der Waals surface area contributed by atoms with Gasteiger partial charge >= 0.3 is 0 Å². The molecule has 0 spiro atoms. The number of nitrogens with one attached hydrogen (secondary N) is 2. The summed E-state index contributed by atoms with van der Waals surface area (Å²) in [5.41, 5.74) is 2.18. The van der Waals surface area contributed by atoms with Gasteiger partial charge in [-0.2, -0.15) is 0 Å². The molecule has 0 aliphatic carbocycles. The third-order valence-corrected chi connectivity index (χ3v) is 3.42. The summed E-state index contributed by atoms with van der Waals surface area (Å²) in [6.45, 7) is 3.58. The van der Waals surface area contributed by atoms with Crippen molar-refractivity contribution in [2.45, 2.75) is 45.2 Å². The predicted molar refractivity (Wildman–Crippen MR) is 71.1 cm³/mol. The molecule has 0 radical (unpaired) electrons. The molecule has 1 aliphatic rings. The fourth-order valence-corrected chi connectivity index (χ4v) is 2.32. The highest BCUT2D eigenvalue weighted by Crippen LogP contribution is 2.08. The van der Waals surface area contributed by atoms with Crippen LogP contribution < -0.4 is 10.6 Å². The van der Waals surface area contributed by atoms with Gasteiger partial charge in [-0.3, -0.25) is 9.78 Å². The third kappa shape index (κ3) is 3.29. The van der Waals surface area contributed by atoms with Gasteiger partial charge in [0.2, 0.25) is 5.91 Å². The summed E-state index contributed by atoms with van der Waals surface area (Å²) in [7, 11) is 0. The Morgan fingerprint density at radius 3 is 3.17 bits per heavy atom. The monoisotopic (exact) mass is 247 g/mol. The lowest BCUT2D eigenvalue weighted by Crippen LogP contribution is -2.46. The van der Waals surface area contributed by atoms with E-state index in [9.17, 15) is 4.79 Å². The Morgan fingerprint density at radius 1 is 1.56 bits per heavy atom. The van der Waals surface area contributed by atoms with E-state index in [1.807, 2.05) is 6.07 Å². The first-order valence-corrected chi connectivity index (χ1v) is 6.75. The zero-order valence-corrected chi connectivity index (χ0v) is 10.9. The summed E-state index contributed by atoms with van der Waals surface area (Å²) >= 11 is 0. The number of aryl methyl sites for hydroxylation is 1. The number of pyridine rings is 1. The Bertz CT molecular complexity index is 400. The molecule has 1 atom stereocenters. The molecule has 1 aromatic heterocycles. The molecule has 2 rings (SSSR count). The molecule has 2 N–H and O–H groups in total. The number of amides is 1. The second-order valence-electron chi connectivity index (χ2n) is 4.68. The van der Waals surface area contributed by atoms with E-state index in [1.54, 1.807) is 6.20 Å². The van der Waals surface area contributed by atoms with Crippen molar-refractivity contribution in [1.82, 2.24) is 15.6 Å². The number of aromatic nitrogens is 1. The molecule has 98 valence electrons. The van der Waals surface area contributed by atoms with Crippen molar-refractivity contribution < 1.29 is 4.79 Å². The van der Waals surface area contributed by atoms with Crippen LogP contribution in [0, 0.1) is 0 Å². The van der Waals surface area contributed by atoms with Gasteiger partial charge in [0.25, 0.3) is 0 Å². The maximum absolute atomic E-state index is 12.0. The zero-order chi connectivity index (χ0) is 12.8. The van der Waals surface area contributed by atoms with Gasteiger partial charge in [-0.1, -0.05) is 19.4 Å². The van der Waals surface area contributed by atoms with Crippen LogP contribution in [0.25, 0.3) is 0 Å². The molecule has 4 heteroatoms. The first kappa shape index (κ1) is 13.0. The number of hydrogen-bond donors (Lipinski definition) is 2. The Balaban J connectivity index is 1.88. The van der Waals surface area contributed by atoms with Crippen LogP contribution in [-0.2, 0) is 17.8 Å². The van der Waals surface area contributed by atoms with Crippen molar-refractivity contribution in [2.24, 2.45) is 0 Å². The fraction of sp³-hybridized carbons (Fsp3) is 0.571. The molecule has 0 aromatic carbocycles. The molecule has 1 aromatic rings. The van der Waals surface area contributed by atoms with Gasteiger partial charge in [-0.25, -0.2) is 0 Å². The lowest BCUT2D eigenvalue weighted by atomic mass is 10.0. The van der Waals surface area contributed by atoms with E-state index in [4.69, 9.17) is 0 Å². The highest BCUT2D eigenvalue weighted by molar-refractivity contribution is 5.81. The minimum absolute atomic E-state index is 0.0208. The van der Waals surface area contributed by atoms with Crippen molar-refractivity contribution in [3.05, 3.63) is 29.6 Å². The normalized spacial score (nSPS) is 19.5. The predicted octanol–water partition coefficient (Wildman–Crippen LogP) is 1.40. The van der Waals surface area contributed by atoms with Crippen LogP contribution in [0.5, 0.6) is 0 Å². The molecule has 1 fully saturated rings. The van der Waals surface area contributed by atoms with Gasteiger partial charge in [0.1, 0.15) is 0 Å². The van der Waals surface area contributed by atoms with Gasteiger partial charge in [0.15, 0.2) is 0 Å². The molecule has 0 bridgehead atoms. The molecular weight excluding hydrogens is 226 g/mol. The van der Waals surface area contributed by atoms with E-state index in [1.165, 1.54) is 12.0 Å². The van der Waals surface area contributed by atoms with E-state index in [0.29, 0.717) is 6.54 Å². The zero-order valence-electron chi connectivity index (χ0n) is 10.9. The first-order valence-electron chi connectivity index (χ1n) is 6.75. The Labute approximate surface area is 108 Å². The van der Waals surface area contributed by atoms with E-state index in [0.717, 1.165) is 31.5 Å². The molecule has 0 saturated carbocycles. The average Bonchev–Trinajstić information content (AvgIpc) is 2.46. The maximum atomic E-state index is 12.0. The summed E-state index contributed by atoms with van der Waals surface area (Å²) in [5, 5.41) is 6.23. The quantitative estimate of drug-likeness (QED) is 0.845. The second-order valence-corrected chi connectivity index (χ2v) is 4.68. The minimum atomic E-state index is -0.0208. The topological polar surface area (TPSA) is 54.0 Å². The number of rotatable bonds is 4. The van der Waals surface area contributed by atoms with Crippen LogP contribution in [0.4, 0.5) is 0 Å². The van der Waals surface area contributed by atoms with E-state index >= 15 is 0 Å². The summed E-state index contributed by atoms with van der Waals surface area (Å²) in [5.74, 6) is 0.0995. The second kappa shape index (κ2) is 6.50. The summed E-state index contributed by atoms with van der Waals surface area (Å²) in [6, 6.07) is 3.98. The molecule has 18 heavy (non-hydrogen) atoms. The Kier molecular flexibility index (Phi) is 4.70. The van der Waals surface area contributed by atoms with Crippen molar-refractivity contribution in [1.29, 1.82) is 0 Å². The molecule has 1 amide bonds. The van der Waals surface area contributed by atoms with Crippen LogP contribution in [-0.4, -0.2) is 23.5 Å². The van der Waals surface area contributed by atoms with Crippen LogP contribution in [0.1, 0.15) is 37.4 Å². The Morgan fingerprint density at radius 2 is 2.44 bits per heavy atom. The lowest BCUT2D eigenvalue weighted by molar-refractivity contribution is -0.123. The number of hydrogen-bond acceptors (Lipinski definition) is 3. The number of carbonyl (C=O) groups is 1. The highest BCUT2D eigenvalue weighted by atomic mass is 16.2. The standard InChI is InChI=1S/C14H21N3O/c1-2-11-6-5-9-16-13(11)10-17-14(18)12-7-3-4-8-15-12/h5-6,9,12,15H,2-4,7-8,10H2,1H3,(H,17,18)/t12-/m1/s1. The van der Waals surface area contributed by atoms with Gasteiger partial charge < -0.3 is 10.6 Å².